The van der Waals surface area contributed by atoms with Crippen LogP contribution in [0.5, 0.6) is 0 Å². The monoisotopic (exact) mass is 311 g/mol. The molecule has 6 heteroatoms. The average Bonchev–Trinajstić information content (AvgIpc) is 2.90. The number of aliphatic hydroxyl groups is 1. The summed E-state index contributed by atoms with van der Waals surface area (Å²) in [4.78, 5) is 11.8. The Balaban J connectivity index is 2.17. The van der Waals surface area contributed by atoms with Crippen LogP contribution < -0.4 is 0 Å². The number of alkyl halides is 1. The van der Waals surface area contributed by atoms with Gasteiger partial charge in [-0.3, -0.25) is 4.57 Å². The van der Waals surface area contributed by atoms with Gasteiger partial charge in [-0.1, -0.05) is 6.07 Å². The summed E-state index contributed by atoms with van der Waals surface area (Å²) in [6.45, 7) is 2.68. The van der Waals surface area contributed by atoms with Gasteiger partial charge in [-0.25, -0.2) is 4.79 Å². The highest BCUT2D eigenvalue weighted by Gasteiger charge is 2.13. The highest BCUT2D eigenvalue weighted by molar-refractivity contribution is 6.17. The van der Waals surface area contributed by atoms with E-state index < -0.39 is 12.2 Å². The van der Waals surface area contributed by atoms with Crippen molar-refractivity contribution in [2.75, 3.05) is 25.7 Å². The Morgan fingerprint density at radius 2 is 2.24 bits per heavy atom. The highest BCUT2D eigenvalue weighted by atomic mass is 35.5. The lowest BCUT2D eigenvalue weighted by atomic mass is 10.1. The van der Waals surface area contributed by atoms with Gasteiger partial charge in [0.25, 0.3) is 0 Å². The Labute approximate surface area is 128 Å². The van der Waals surface area contributed by atoms with Crippen molar-refractivity contribution in [3.05, 3.63) is 36.0 Å². The molecule has 0 aliphatic carbocycles. The number of hydrogen-bond donors (Lipinski definition) is 1. The van der Waals surface area contributed by atoms with Gasteiger partial charge in [0.2, 0.25) is 0 Å². The number of rotatable bonds is 6. The first-order chi connectivity index (χ1) is 10.2. The minimum absolute atomic E-state index is 0.191. The van der Waals surface area contributed by atoms with Crippen LogP contribution in [0, 0.1) is 0 Å². The molecule has 114 valence electrons. The van der Waals surface area contributed by atoms with Crippen molar-refractivity contribution in [2.45, 2.75) is 13.0 Å². The molecule has 1 atom stereocenters. The zero-order valence-corrected chi connectivity index (χ0v) is 12.5. The number of benzene rings is 1. The number of ether oxygens (including phenoxy) is 2. The zero-order valence-electron chi connectivity index (χ0n) is 11.8. The summed E-state index contributed by atoms with van der Waals surface area (Å²) < 4.78 is 11.6. The topological polar surface area (TPSA) is 60.7 Å². The quantitative estimate of drug-likeness (QED) is 0.658. The van der Waals surface area contributed by atoms with E-state index in [2.05, 4.69) is 0 Å². The second kappa shape index (κ2) is 7.45. The van der Waals surface area contributed by atoms with Crippen LogP contribution >= 0.6 is 11.6 Å². The molecule has 1 aromatic heterocycles. The summed E-state index contributed by atoms with van der Waals surface area (Å²) in [5.41, 5.74) is 1.48. The molecule has 0 spiro atoms. The van der Waals surface area contributed by atoms with Crippen molar-refractivity contribution >= 4 is 28.6 Å². The van der Waals surface area contributed by atoms with E-state index in [1.807, 2.05) is 12.1 Å². The molecule has 1 N–H and O–H groups in total. The van der Waals surface area contributed by atoms with E-state index in [9.17, 15) is 9.90 Å². The fourth-order valence-corrected chi connectivity index (χ4v) is 2.18. The van der Waals surface area contributed by atoms with Gasteiger partial charge in [-0.15, -0.1) is 11.6 Å². The van der Waals surface area contributed by atoms with Crippen molar-refractivity contribution in [1.29, 1.82) is 0 Å². The second-order valence-electron chi connectivity index (χ2n) is 4.48. The van der Waals surface area contributed by atoms with Gasteiger partial charge >= 0.3 is 6.09 Å². The Morgan fingerprint density at radius 3 is 2.95 bits per heavy atom. The molecular weight excluding hydrogens is 294 g/mol. The standard InChI is InChI=1S/C15H18ClNO4/c1-2-21-15(19)17-7-5-11-9-12(3-4-13(11)17)14(18)10-20-8-6-16/h3-5,7,9,14,18H,2,6,8,10H2,1H3. The maximum Gasteiger partial charge on any atom is 0.418 e. The van der Waals surface area contributed by atoms with E-state index in [4.69, 9.17) is 21.1 Å². The van der Waals surface area contributed by atoms with Crippen LogP contribution in [0.4, 0.5) is 4.79 Å². The van der Waals surface area contributed by atoms with Gasteiger partial charge in [0.05, 0.1) is 25.3 Å². The minimum atomic E-state index is -0.719. The average molecular weight is 312 g/mol. The third-order valence-electron chi connectivity index (χ3n) is 3.06. The predicted molar refractivity (Wildman–Crippen MR) is 80.9 cm³/mol. The number of aromatic nitrogens is 1. The Morgan fingerprint density at radius 1 is 1.43 bits per heavy atom. The van der Waals surface area contributed by atoms with Gasteiger partial charge < -0.3 is 14.6 Å². The van der Waals surface area contributed by atoms with E-state index in [0.717, 1.165) is 16.5 Å². The molecule has 0 amide bonds. The van der Waals surface area contributed by atoms with E-state index in [-0.39, 0.29) is 6.61 Å². The molecule has 21 heavy (non-hydrogen) atoms. The van der Waals surface area contributed by atoms with Crippen LogP contribution in [-0.4, -0.2) is 41.5 Å². The summed E-state index contributed by atoms with van der Waals surface area (Å²) in [5, 5.41) is 10.9. The van der Waals surface area contributed by atoms with E-state index >= 15 is 0 Å². The Kier molecular flexibility index (Phi) is 5.61. The summed E-state index contributed by atoms with van der Waals surface area (Å²) >= 11 is 5.51. The first kappa shape index (κ1) is 15.8. The number of nitrogens with zero attached hydrogens (tertiary/aromatic N) is 1. The molecule has 0 aliphatic rings. The van der Waals surface area contributed by atoms with Gasteiger partial charge in [0.1, 0.15) is 6.10 Å². The lowest BCUT2D eigenvalue weighted by molar-refractivity contribution is 0.0429. The van der Waals surface area contributed by atoms with E-state index in [0.29, 0.717) is 19.1 Å². The second-order valence-corrected chi connectivity index (χ2v) is 4.86. The van der Waals surface area contributed by atoms with Crippen molar-refractivity contribution in [2.24, 2.45) is 0 Å². The number of carbonyl (C=O) groups excluding carboxylic acids is 1. The van der Waals surface area contributed by atoms with E-state index in [1.165, 1.54) is 4.57 Å². The number of halogens is 1. The first-order valence-electron chi connectivity index (χ1n) is 6.77. The number of carbonyl (C=O) groups is 1. The van der Waals surface area contributed by atoms with E-state index in [1.54, 1.807) is 25.3 Å². The molecule has 0 fully saturated rings. The normalized spacial score (nSPS) is 12.5. The first-order valence-corrected chi connectivity index (χ1v) is 7.30. The van der Waals surface area contributed by atoms with Crippen molar-refractivity contribution in [3.63, 3.8) is 0 Å². The molecule has 2 aromatic rings. The maximum atomic E-state index is 11.8. The van der Waals surface area contributed by atoms with Crippen LogP contribution in [0.15, 0.2) is 30.5 Å². The molecular formula is C15H18ClNO4. The highest BCUT2D eigenvalue weighted by Crippen LogP contribution is 2.22. The summed E-state index contributed by atoms with van der Waals surface area (Å²) in [7, 11) is 0. The molecule has 0 aliphatic heterocycles. The third-order valence-corrected chi connectivity index (χ3v) is 3.22. The lowest BCUT2D eigenvalue weighted by Crippen LogP contribution is -2.12. The number of hydrogen-bond acceptors (Lipinski definition) is 4. The van der Waals surface area contributed by atoms with Crippen molar-refractivity contribution in [1.82, 2.24) is 4.57 Å². The van der Waals surface area contributed by atoms with Crippen LogP contribution in [0.25, 0.3) is 10.9 Å². The fourth-order valence-electron chi connectivity index (χ4n) is 2.07. The molecule has 0 saturated carbocycles. The third kappa shape index (κ3) is 3.75. The predicted octanol–water partition coefficient (Wildman–Crippen LogP) is 2.93. The largest absolute Gasteiger partial charge is 0.449 e. The lowest BCUT2D eigenvalue weighted by Gasteiger charge is -2.11. The summed E-state index contributed by atoms with van der Waals surface area (Å²) in [5.74, 6) is 0.397. The summed E-state index contributed by atoms with van der Waals surface area (Å²) in [6, 6.07) is 7.20. The molecule has 2 rings (SSSR count). The van der Waals surface area contributed by atoms with Crippen LogP contribution in [0.3, 0.4) is 0 Å². The molecule has 1 heterocycles. The number of aliphatic hydroxyl groups excluding tert-OH is 1. The molecule has 1 aromatic carbocycles. The zero-order chi connectivity index (χ0) is 15.2. The van der Waals surface area contributed by atoms with Crippen molar-refractivity contribution in [3.8, 4) is 0 Å². The Hall–Kier alpha value is -1.56. The Bertz CT molecular complexity index is 611. The maximum absolute atomic E-state index is 11.8. The van der Waals surface area contributed by atoms with Crippen LogP contribution in [-0.2, 0) is 9.47 Å². The van der Waals surface area contributed by atoms with Gasteiger partial charge in [-0.2, -0.15) is 0 Å². The molecule has 0 saturated heterocycles. The number of fused-ring (bicyclic) bond motifs is 1. The molecule has 0 bridgehead atoms. The fraction of sp³-hybridized carbons (Fsp3) is 0.400. The summed E-state index contributed by atoms with van der Waals surface area (Å²) in [6.07, 6.45) is 0.526. The van der Waals surface area contributed by atoms with Crippen LogP contribution in [0.1, 0.15) is 18.6 Å². The van der Waals surface area contributed by atoms with Crippen molar-refractivity contribution < 1.29 is 19.4 Å². The van der Waals surface area contributed by atoms with Gasteiger partial charge in [0.15, 0.2) is 0 Å². The van der Waals surface area contributed by atoms with Gasteiger partial charge in [0, 0.05) is 17.5 Å². The molecule has 5 nitrogen and oxygen atoms in total. The SMILES string of the molecule is CCOC(=O)n1ccc2cc(C(O)COCCCl)ccc21. The smallest absolute Gasteiger partial charge is 0.418 e. The molecule has 0 radical (unpaired) electrons. The molecule has 1 unspecified atom stereocenters. The van der Waals surface area contributed by atoms with Gasteiger partial charge in [-0.05, 0) is 30.7 Å². The minimum Gasteiger partial charge on any atom is -0.449 e. The van der Waals surface area contributed by atoms with Crippen LogP contribution in [0.2, 0.25) is 0 Å².